The lowest BCUT2D eigenvalue weighted by atomic mass is 9.96. The van der Waals surface area contributed by atoms with E-state index in [-0.39, 0.29) is 0 Å². The molecule has 2 heteroatoms. The molecule has 2 nitrogen and oxygen atoms in total. The lowest BCUT2D eigenvalue weighted by molar-refractivity contribution is -0.0187. The fourth-order valence-corrected chi connectivity index (χ4v) is 2.12. The average molecular weight is 222 g/mol. The maximum absolute atomic E-state index is 5.17. The highest BCUT2D eigenvalue weighted by molar-refractivity contribution is 5.17. The highest BCUT2D eigenvalue weighted by Gasteiger charge is 2.25. The molecule has 0 spiro atoms. The molecule has 0 N–H and O–H groups in total. The van der Waals surface area contributed by atoms with E-state index in [2.05, 4.69) is 19.2 Å². The van der Waals surface area contributed by atoms with Gasteiger partial charge < -0.3 is 9.47 Å². The first-order valence-corrected chi connectivity index (χ1v) is 5.82. The van der Waals surface area contributed by atoms with E-state index in [1.165, 1.54) is 18.4 Å². The van der Waals surface area contributed by atoms with Gasteiger partial charge in [-0.15, -0.1) is 6.58 Å². The van der Waals surface area contributed by atoms with Crippen molar-refractivity contribution in [2.75, 3.05) is 20.5 Å². The monoisotopic (exact) mass is 222 g/mol. The second kappa shape index (κ2) is 7.42. The van der Waals surface area contributed by atoms with Crippen molar-refractivity contribution in [3.8, 4) is 0 Å². The van der Waals surface area contributed by atoms with Crippen molar-refractivity contribution < 1.29 is 9.47 Å². The maximum atomic E-state index is 5.17. The lowest BCUT2D eigenvalue weighted by Crippen LogP contribution is -1.98. The van der Waals surface area contributed by atoms with Crippen molar-refractivity contribution in [3.63, 3.8) is 0 Å². The minimum Gasteiger partial charge on any atom is -0.359 e. The Morgan fingerprint density at radius 3 is 2.81 bits per heavy atom. The van der Waals surface area contributed by atoms with Crippen molar-refractivity contribution in [2.45, 2.75) is 19.3 Å². The van der Waals surface area contributed by atoms with E-state index in [1.807, 2.05) is 12.2 Å². The summed E-state index contributed by atoms with van der Waals surface area (Å²) in [5, 5.41) is 0. The fourth-order valence-electron chi connectivity index (χ4n) is 2.12. The van der Waals surface area contributed by atoms with Crippen molar-refractivity contribution in [1.82, 2.24) is 0 Å². The molecule has 2 atom stereocenters. The molecular formula is C14H22O2. The first-order chi connectivity index (χ1) is 7.79. The van der Waals surface area contributed by atoms with Crippen LogP contribution in [0.25, 0.3) is 0 Å². The molecule has 0 heterocycles. The molecule has 1 aliphatic carbocycles. The van der Waals surface area contributed by atoms with E-state index in [4.69, 9.17) is 9.47 Å². The SMILES string of the molecule is C=C[C@H]1CC[C@@H](C/C=C/COCOC)C1=C. The van der Waals surface area contributed by atoms with Crippen LogP contribution in [0.2, 0.25) is 0 Å². The molecule has 0 aromatic carbocycles. The van der Waals surface area contributed by atoms with Gasteiger partial charge in [-0.3, -0.25) is 0 Å². The van der Waals surface area contributed by atoms with Crippen LogP contribution in [-0.4, -0.2) is 20.5 Å². The first-order valence-electron chi connectivity index (χ1n) is 5.82. The fraction of sp³-hybridized carbons (Fsp3) is 0.571. The summed E-state index contributed by atoms with van der Waals surface area (Å²) in [4.78, 5) is 0. The van der Waals surface area contributed by atoms with Crippen LogP contribution in [0.5, 0.6) is 0 Å². The van der Waals surface area contributed by atoms with Crippen molar-refractivity contribution in [1.29, 1.82) is 0 Å². The minimum absolute atomic E-state index is 0.360. The summed E-state index contributed by atoms with van der Waals surface area (Å²) < 4.78 is 9.96. The molecule has 1 aliphatic rings. The van der Waals surface area contributed by atoms with E-state index in [0.29, 0.717) is 25.2 Å². The lowest BCUT2D eigenvalue weighted by Gasteiger charge is -2.10. The van der Waals surface area contributed by atoms with E-state index in [9.17, 15) is 0 Å². The zero-order valence-electron chi connectivity index (χ0n) is 10.2. The third-order valence-corrected chi connectivity index (χ3v) is 3.11. The van der Waals surface area contributed by atoms with Gasteiger partial charge in [-0.25, -0.2) is 0 Å². The Labute approximate surface area is 98.6 Å². The summed E-state index contributed by atoms with van der Waals surface area (Å²) in [5.74, 6) is 1.16. The summed E-state index contributed by atoms with van der Waals surface area (Å²) >= 11 is 0. The quantitative estimate of drug-likeness (QED) is 0.374. The molecule has 1 saturated carbocycles. The van der Waals surface area contributed by atoms with Gasteiger partial charge in [0.2, 0.25) is 0 Å². The van der Waals surface area contributed by atoms with Gasteiger partial charge in [0, 0.05) is 7.11 Å². The van der Waals surface area contributed by atoms with Crippen LogP contribution in [0.4, 0.5) is 0 Å². The van der Waals surface area contributed by atoms with Crippen molar-refractivity contribution >= 4 is 0 Å². The minimum atomic E-state index is 0.360. The standard InChI is InChI=1S/C14H22O2/c1-4-13-8-9-14(12(13)2)7-5-6-10-16-11-15-3/h4-6,13-14H,1-2,7-11H2,3H3/b6-5+/t13-,14+/m0/s1. The summed E-state index contributed by atoms with van der Waals surface area (Å²) in [6, 6.07) is 0. The van der Waals surface area contributed by atoms with Gasteiger partial charge in [-0.1, -0.05) is 30.4 Å². The Hall–Kier alpha value is -0.860. The van der Waals surface area contributed by atoms with Crippen LogP contribution >= 0.6 is 0 Å². The number of ether oxygens (including phenoxy) is 2. The molecule has 16 heavy (non-hydrogen) atoms. The Morgan fingerprint density at radius 1 is 1.38 bits per heavy atom. The van der Waals surface area contributed by atoms with Crippen LogP contribution in [-0.2, 0) is 9.47 Å². The Bertz CT molecular complexity index is 255. The van der Waals surface area contributed by atoms with Crippen molar-refractivity contribution in [3.05, 3.63) is 37.0 Å². The van der Waals surface area contributed by atoms with Gasteiger partial charge >= 0.3 is 0 Å². The largest absolute Gasteiger partial charge is 0.359 e. The van der Waals surface area contributed by atoms with Gasteiger partial charge in [0.1, 0.15) is 6.79 Å². The molecule has 0 bridgehead atoms. The molecule has 0 aromatic rings. The van der Waals surface area contributed by atoms with Crippen LogP contribution in [0.3, 0.4) is 0 Å². The Kier molecular flexibility index (Phi) is 6.12. The topological polar surface area (TPSA) is 18.5 Å². The molecule has 90 valence electrons. The van der Waals surface area contributed by atoms with Crippen LogP contribution < -0.4 is 0 Å². The van der Waals surface area contributed by atoms with Crippen molar-refractivity contribution in [2.24, 2.45) is 11.8 Å². The summed E-state index contributed by atoms with van der Waals surface area (Å²) in [6.07, 6.45) is 9.76. The summed E-state index contributed by atoms with van der Waals surface area (Å²) in [6.45, 7) is 8.99. The van der Waals surface area contributed by atoms with E-state index in [0.717, 1.165) is 6.42 Å². The van der Waals surface area contributed by atoms with Gasteiger partial charge in [0.15, 0.2) is 0 Å². The van der Waals surface area contributed by atoms with Crippen LogP contribution in [0.1, 0.15) is 19.3 Å². The highest BCUT2D eigenvalue weighted by Crippen LogP contribution is 2.37. The number of allylic oxidation sites excluding steroid dienone is 3. The number of methoxy groups -OCH3 is 1. The van der Waals surface area contributed by atoms with E-state index in [1.54, 1.807) is 7.11 Å². The summed E-state index contributed by atoms with van der Waals surface area (Å²) in [7, 11) is 1.63. The molecule has 1 fully saturated rings. The molecule has 1 rings (SSSR count). The van der Waals surface area contributed by atoms with Gasteiger partial charge in [-0.2, -0.15) is 0 Å². The third-order valence-electron chi connectivity index (χ3n) is 3.11. The van der Waals surface area contributed by atoms with Gasteiger partial charge in [0.05, 0.1) is 6.61 Å². The van der Waals surface area contributed by atoms with Gasteiger partial charge in [0.25, 0.3) is 0 Å². The van der Waals surface area contributed by atoms with Crippen LogP contribution in [0, 0.1) is 11.8 Å². The Balaban J connectivity index is 2.18. The number of hydrogen-bond donors (Lipinski definition) is 0. The smallest absolute Gasteiger partial charge is 0.146 e. The molecule has 0 aliphatic heterocycles. The number of hydrogen-bond acceptors (Lipinski definition) is 2. The zero-order chi connectivity index (χ0) is 11.8. The zero-order valence-corrected chi connectivity index (χ0v) is 10.2. The van der Waals surface area contributed by atoms with Gasteiger partial charge in [-0.05, 0) is 31.1 Å². The van der Waals surface area contributed by atoms with E-state index < -0.39 is 0 Å². The Morgan fingerprint density at radius 2 is 2.19 bits per heavy atom. The second-order valence-electron chi connectivity index (χ2n) is 4.18. The molecule has 0 amide bonds. The molecule has 0 saturated heterocycles. The highest BCUT2D eigenvalue weighted by atomic mass is 16.7. The summed E-state index contributed by atoms with van der Waals surface area (Å²) in [5.41, 5.74) is 1.34. The van der Waals surface area contributed by atoms with Crippen LogP contribution in [0.15, 0.2) is 37.0 Å². The maximum Gasteiger partial charge on any atom is 0.146 e. The number of rotatable bonds is 7. The predicted octanol–water partition coefficient (Wildman–Crippen LogP) is 3.32. The second-order valence-corrected chi connectivity index (χ2v) is 4.18. The molecule has 0 aromatic heterocycles. The van der Waals surface area contributed by atoms with E-state index >= 15 is 0 Å². The predicted molar refractivity (Wildman–Crippen MR) is 67.1 cm³/mol. The molecule has 0 radical (unpaired) electrons. The third kappa shape index (κ3) is 3.95. The first kappa shape index (κ1) is 13.2. The molecular weight excluding hydrogens is 200 g/mol. The average Bonchev–Trinajstić information content (AvgIpc) is 2.65. The molecule has 0 unspecified atom stereocenters. The normalized spacial score (nSPS) is 25.4.